The van der Waals surface area contributed by atoms with Gasteiger partial charge in [0.25, 0.3) is 0 Å². The Kier molecular flexibility index (Phi) is 5.54. The van der Waals surface area contributed by atoms with E-state index in [-0.39, 0.29) is 5.78 Å². The van der Waals surface area contributed by atoms with E-state index in [0.29, 0.717) is 23.7 Å². The van der Waals surface area contributed by atoms with Gasteiger partial charge in [0.05, 0.1) is 12.7 Å². The van der Waals surface area contributed by atoms with Crippen molar-refractivity contribution < 1.29 is 19.0 Å². The van der Waals surface area contributed by atoms with Crippen molar-refractivity contribution in [3.63, 3.8) is 0 Å². The maximum atomic E-state index is 11.8. The highest BCUT2D eigenvalue weighted by molar-refractivity contribution is 5.97. The average molecular weight is 348 g/mol. The summed E-state index contributed by atoms with van der Waals surface area (Å²) in [6.07, 6.45) is 0. The second-order valence-electron chi connectivity index (χ2n) is 5.77. The van der Waals surface area contributed by atoms with Crippen molar-refractivity contribution in [1.82, 2.24) is 0 Å². The SMILES string of the molecule is COc1ccc(C(C)=O)c(OCc2cccc(Oc3ccccc3)c2)c1. The lowest BCUT2D eigenvalue weighted by Crippen LogP contribution is -2.02. The van der Waals surface area contributed by atoms with Gasteiger partial charge in [-0.25, -0.2) is 0 Å². The monoisotopic (exact) mass is 348 g/mol. The molecule has 0 aliphatic heterocycles. The molecule has 0 aliphatic rings. The summed E-state index contributed by atoms with van der Waals surface area (Å²) in [5, 5.41) is 0. The third-order valence-corrected chi connectivity index (χ3v) is 3.84. The Bertz CT molecular complexity index is 888. The van der Waals surface area contributed by atoms with Gasteiger partial charge in [0.1, 0.15) is 29.6 Å². The molecule has 0 N–H and O–H groups in total. The second kappa shape index (κ2) is 8.21. The Morgan fingerprint density at radius 2 is 1.62 bits per heavy atom. The highest BCUT2D eigenvalue weighted by atomic mass is 16.5. The molecule has 0 aliphatic carbocycles. The number of carbonyl (C=O) groups excluding carboxylic acids is 1. The van der Waals surface area contributed by atoms with Crippen LogP contribution in [-0.4, -0.2) is 12.9 Å². The summed E-state index contributed by atoms with van der Waals surface area (Å²) in [5.74, 6) is 2.60. The number of benzene rings is 3. The van der Waals surface area contributed by atoms with Gasteiger partial charge in [-0.3, -0.25) is 4.79 Å². The summed E-state index contributed by atoms with van der Waals surface area (Å²) in [6, 6.07) is 22.5. The molecule has 26 heavy (non-hydrogen) atoms. The van der Waals surface area contributed by atoms with Gasteiger partial charge in [0.2, 0.25) is 0 Å². The number of hydrogen-bond donors (Lipinski definition) is 0. The first-order chi connectivity index (χ1) is 12.7. The molecular formula is C22H20O4. The Hall–Kier alpha value is -3.27. The summed E-state index contributed by atoms with van der Waals surface area (Å²) in [5.41, 5.74) is 1.47. The van der Waals surface area contributed by atoms with Crippen LogP contribution in [0.4, 0.5) is 0 Å². The van der Waals surface area contributed by atoms with Crippen molar-refractivity contribution >= 4 is 5.78 Å². The van der Waals surface area contributed by atoms with Crippen molar-refractivity contribution in [3.8, 4) is 23.0 Å². The minimum absolute atomic E-state index is 0.0520. The molecule has 3 rings (SSSR count). The van der Waals surface area contributed by atoms with E-state index in [1.54, 1.807) is 25.3 Å². The van der Waals surface area contributed by atoms with Gasteiger partial charge in [-0.15, -0.1) is 0 Å². The second-order valence-corrected chi connectivity index (χ2v) is 5.77. The van der Waals surface area contributed by atoms with Gasteiger partial charge < -0.3 is 14.2 Å². The number of methoxy groups -OCH3 is 1. The summed E-state index contributed by atoms with van der Waals surface area (Å²) in [4.78, 5) is 11.8. The van der Waals surface area contributed by atoms with Crippen LogP contribution < -0.4 is 14.2 Å². The molecule has 0 fully saturated rings. The van der Waals surface area contributed by atoms with Crippen LogP contribution in [0, 0.1) is 0 Å². The lowest BCUT2D eigenvalue weighted by atomic mass is 10.1. The summed E-state index contributed by atoms with van der Waals surface area (Å²) >= 11 is 0. The number of rotatable bonds is 7. The van der Waals surface area contributed by atoms with Gasteiger partial charge in [0, 0.05) is 6.07 Å². The number of para-hydroxylation sites is 1. The maximum Gasteiger partial charge on any atom is 0.163 e. The lowest BCUT2D eigenvalue weighted by molar-refractivity contribution is 0.101. The van der Waals surface area contributed by atoms with Crippen molar-refractivity contribution in [3.05, 3.63) is 83.9 Å². The first-order valence-corrected chi connectivity index (χ1v) is 8.29. The fraction of sp³-hybridized carbons (Fsp3) is 0.136. The largest absolute Gasteiger partial charge is 0.497 e. The third kappa shape index (κ3) is 4.42. The van der Waals surface area contributed by atoms with Crippen LogP contribution in [0.15, 0.2) is 72.8 Å². The number of carbonyl (C=O) groups is 1. The normalized spacial score (nSPS) is 10.2. The zero-order valence-corrected chi connectivity index (χ0v) is 14.8. The molecule has 0 unspecified atom stereocenters. The molecule has 0 heterocycles. The fourth-order valence-corrected chi connectivity index (χ4v) is 2.52. The van der Waals surface area contributed by atoms with E-state index in [1.807, 2.05) is 54.6 Å². The zero-order valence-electron chi connectivity index (χ0n) is 14.8. The van der Waals surface area contributed by atoms with E-state index in [1.165, 1.54) is 6.92 Å². The first kappa shape index (κ1) is 17.5. The third-order valence-electron chi connectivity index (χ3n) is 3.84. The fourth-order valence-electron chi connectivity index (χ4n) is 2.52. The van der Waals surface area contributed by atoms with Gasteiger partial charge in [-0.05, 0) is 48.9 Å². The van der Waals surface area contributed by atoms with Crippen molar-refractivity contribution in [2.45, 2.75) is 13.5 Å². The quantitative estimate of drug-likeness (QED) is 0.546. The molecule has 132 valence electrons. The molecule has 0 bridgehead atoms. The smallest absolute Gasteiger partial charge is 0.163 e. The molecule has 0 saturated carbocycles. The number of ketones is 1. The van der Waals surface area contributed by atoms with Crippen LogP contribution in [-0.2, 0) is 6.61 Å². The topological polar surface area (TPSA) is 44.8 Å². The maximum absolute atomic E-state index is 11.8. The van der Waals surface area contributed by atoms with Gasteiger partial charge >= 0.3 is 0 Å². The minimum Gasteiger partial charge on any atom is -0.497 e. The van der Waals surface area contributed by atoms with E-state index in [9.17, 15) is 4.79 Å². The Morgan fingerprint density at radius 1 is 0.846 bits per heavy atom. The highest BCUT2D eigenvalue weighted by Gasteiger charge is 2.10. The predicted molar refractivity (Wildman–Crippen MR) is 100 cm³/mol. The van der Waals surface area contributed by atoms with E-state index < -0.39 is 0 Å². The molecule has 0 amide bonds. The molecular weight excluding hydrogens is 328 g/mol. The molecule has 0 atom stereocenters. The Balaban J connectivity index is 1.74. The minimum atomic E-state index is -0.0520. The van der Waals surface area contributed by atoms with Crippen LogP contribution in [0.2, 0.25) is 0 Å². The number of Topliss-reactive ketones (excluding diaryl/α,β-unsaturated/α-hetero) is 1. The molecule has 3 aromatic rings. The van der Waals surface area contributed by atoms with Crippen molar-refractivity contribution in [2.75, 3.05) is 7.11 Å². The summed E-state index contributed by atoms with van der Waals surface area (Å²) < 4.78 is 16.9. The van der Waals surface area contributed by atoms with Crippen LogP contribution in [0.3, 0.4) is 0 Å². The molecule has 0 saturated heterocycles. The molecule has 0 aromatic heterocycles. The van der Waals surface area contributed by atoms with E-state index in [0.717, 1.165) is 17.1 Å². The highest BCUT2D eigenvalue weighted by Crippen LogP contribution is 2.27. The number of hydrogen-bond acceptors (Lipinski definition) is 4. The van der Waals surface area contributed by atoms with E-state index >= 15 is 0 Å². The van der Waals surface area contributed by atoms with Gasteiger partial charge in [-0.2, -0.15) is 0 Å². The molecule has 0 radical (unpaired) electrons. The van der Waals surface area contributed by atoms with Crippen LogP contribution in [0.5, 0.6) is 23.0 Å². The lowest BCUT2D eigenvalue weighted by Gasteiger charge is -2.12. The summed E-state index contributed by atoms with van der Waals surface area (Å²) in [7, 11) is 1.58. The average Bonchev–Trinajstić information content (AvgIpc) is 2.67. The predicted octanol–water partition coefficient (Wildman–Crippen LogP) is 5.27. The molecule has 0 spiro atoms. The zero-order chi connectivity index (χ0) is 18.4. The van der Waals surface area contributed by atoms with Crippen LogP contribution in [0.1, 0.15) is 22.8 Å². The van der Waals surface area contributed by atoms with E-state index in [2.05, 4.69) is 0 Å². The Labute approximate surface area is 153 Å². The number of ether oxygens (including phenoxy) is 3. The standard InChI is InChI=1S/C22H20O4/c1-16(23)21-12-11-19(24-2)14-22(21)25-15-17-7-6-10-20(13-17)26-18-8-4-3-5-9-18/h3-14H,15H2,1-2H3. The van der Waals surface area contributed by atoms with E-state index in [4.69, 9.17) is 14.2 Å². The van der Waals surface area contributed by atoms with Crippen molar-refractivity contribution in [1.29, 1.82) is 0 Å². The molecule has 4 heteroatoms. The summed E-state index contributed by atoms with van der Waals surface area (Å²) in [6.45, 7) is 1.84. The Morgan fingerprint density at radius 3 is 2.35 bits per heavy atom. The van der Waals surface area contributed by atoms with Gasteiger partial charge in [-0.1, -0.05) is 30.3 Å². The molecule has 4 nitrogen and oxygen atoms in total. The first-order valence-electron chi connectivity index (χ1n) is 8.29. The molecule has 3 aromatic carbocycles. The van der Waals surface area contributed by atoms with Gasteiger partial charge in [0.15, 0.2) is 5.78 Å². The van der Waals surface area contributed by atoms with Crippen LogP contribution in [0.25, 0.3) is 0 Å². The van der Waals surface area contributed by atoms with Crippen molar-refractivity contribution in [2.24, 2.45) is 0 Å². The van der Waals surface area contributed by atoms with Crippen LogP contribution >= 0.6 is 0 Å².